The highest BCUT2D eigenvalue weighted by molar-refractivity contribution is 5.96. The Morgan fingerprint density at radius 2 is 1.58 bits per heavy atom. The maximum absolute atomic E-state index is 13.8. The quantitative estimate of drug-likeness (QED) is 0.203. The zero-order chi connectivity index (χ0) is 28.0. The Labute approximate surface area is 215 Å². The van der Waals surface area contributed by atoms with Crippen molar-refractivity contribution in [3.63, 3.8) is 0 Å². The summed E-state index contributed by atoms with van der Waals surface area (Å²) in [5, 5.41) is 2.61. The van der Waals surface area contributed by atoms with E-state index in [0.717, 1.165) is 24.3 Å². The molecule has 0 bridgehead atoms. The van der Waals surface area contributed by atoms with Gasteiger partial charge in [0.15, 0.2) is 0 Å². The number of carbonyl (C=O) groups excluding carboxylic acids is 1. The molecule has 1 amide bonds. The molecular weight excluding hydrogens is 506 g/mol. The van der Waals surface area contributed by atoms with Crippen LogP contribution in [0, 0.1) is 12.3 Å². The third-order valence-corrected chi connectivity index (χ3v) is 5.83. The largest absolute Gasteiger partial charge is 0.417 e. The number of carbonyl (C=O) groups is 1. The summed E-state index contributed by atoms with van der Waals surface area (Å²) in [5.41, 5.74) is -4.15. The van der Waals surface area contributed by atoms with Crippen molar-refractivity contribution < 1.29 is 31.1 Å². The molecule has 3 aromatic rings. The number of nitrogens with one attached hydrogen (secondary N) is 1. The monoisotopic (exact) mass is 528 g/mol. The number of hydrogen-bond acceptors (Lipinski definition) is 2. The van der Waals surface area contributed by atoms with Gasteiger partial charge in [0.25, 0.3) is 5.91 Å². The van der Waals surface area contributed by atoms with Gasteiger partial charge >= 0.3 is 12.4 Å². The maximum atomic E-state index is 13.8. The molecule has 1 heterocycles. The predicted octanol–water partition coefficient (Wildman–Crippen LogP) is 7.04. The Hall–Kier alpha value is -4.32. The van der Waals surface area contributed by atoms with Crippen LogP contribution in [0.1, 0.15) is 34.1 Å². The van der Waals surface area contributed by atoms with Crippen LogP contribution in [-0.2, 0) is 18.1 Å². The molecular formula is C29H22F6N2O. The molecule has 3 nitrogen and oxygen atoms in total. The van der Waals surface area contributed by atoms with Crippen molar-refractivity contribution in [1.29, 1.82) is 0 Å². The van der Waals surface area contributed by atoms with E-state index in [-0.39, 0.29) is 17.7 Å². The second-order valence-electron chi connectivity index (χ2n) is 8.37. The number of hydrogen-bond donors (Lipinski definition) is 1. The number of halogens is 6. The van der Waals surface area contributed by atoms with Gasteiger partial charge in [-0.3, -0.25) is 9.78 Å². The van der Waals surface area contributed by atoms with Gasteiger partial charge in [-0.05, 0) is 48.4 Å². The topological polar surface area (TPSA) is 42.0 Å². The van der Waals surface area contributed by atoms with E-state index in [1.54, 1.807) is 42.5 Å². The summed E-state index contributed by atoms with van der Waals surface area (Å²) in [6, 6.07) is 17.3. The lowest BCUT2D eigenvalue weighted by molar-refractivity contribution is -0.138. The first-order valence-electron chi connectivity index (χ1n) is 11.2. The molecule has 0 aliphatic rings. The van der Waals surface area contributed by atoms with Gasteiger partial charge in [0, 0.05) is 18.7 Å². The molecule has 1 unspecified atom stereocenters. The molecule has 2 aromatic carbocycles. The van der Waals surface area contributed by atoms with Crippen LogP contribution in [0.5, 0.6) is 0 Å². The number of allylic oxidation sites excluding steroid dienone is 3. The summed E-state index contributed by atoms with van der Waals surface area (Å²) < 4.78 is 82.4. The first-order chi connectivity index (χ1) is 17.9. The molecule has 0 aliphatic carbocycles. The summed E-state index contributed by atoms with van der Waals surface area (Å²) in [5.74, 6) is 0.719. The first-order valence-corrected chi connectivity index (χ1v) is 11.2. The predicted molar refractivity (Wildman–Crippen MR) is 132 cm³/mol. The smallest absolute Gasteiger partial charge is 0.337 e. The van der Waals surface area contributed by atoms with E-state index < -0.39 is 40.5 Å². The van der Waals surface area contributed by atoms with Crippen LogP contribution < -0.4 is 5.32 Å². The lowest BCUT2D eigenvalue weighted by atomic mass is 9.79. The number of aromatic nitrogens is 1. The zero-order valence-corrected chi connectivity index (χ0v) is 20.1. The fourth-order valence-electron chi connectivity index (χ4n) is 4.00. The second-order valence-corrected chi connectivity index (χ2v) is 8.37. The Morgan fingerprint density at radius 3 is 2.16 bits per heavy atom. The standard InChI is InChI=1S/C29H22F6N2O/c1-3-11-22(28(30,31)32)18-20(2)27(25-16-9-10-17-36-25,19-21-12-5-4-6-13-21)37-26(38)23-14-7-8-15-24(23)29(33,34)35/h1,4-18H,19H2,2H3,(H,37,38)/b20-18+,22-11+. The molecule has 1 aromatic heterocycles. The van der Waals surface area contributed by atoms with E-state index in [1.165, 1.54) is 25.3 Å². The van der Waals surface area contributed by atoms with Gasteiger partial charge in [-0.1, -0.05) is 54.5 Å². The Kier molecular flexibility index (Phi) is 8.46. The van der Waals surface area contributed by atoms with Crippen molar-refractivity contribution >= 4 is 5.91 Å². The third-order valence-electron chi connectivity index (χ3n) is 5.83. The van der Waals surface area contributed by atoms with Crippen molar-refractivity contribution in [3.8, 4) is 12.3 Å². The van der Waals surface area contributed by atoms with Crippen LogP contribution >= 0.6 is 0 Å². The molecule has 196 valence electrons. The zero-order valence-electron chi connectivity index (χ0n) is 20.1. The summed E-state index contributed by atoms with van der Waals surface area (Å²) in [4.78, 5) is 17.8. The number of alkyl halides is 6. The molecule has 1 N–H and O–H groups in total. The highest BCUT2D eigenvalue weighted by Gasteiger charge is 2.42. The Balaban J connectivity index is 2.29. The third kappa shape index (κ3) is 6.51. The second kappa shape index (κ2) is 11.4. The average Bonchev–Trinajstić information content (AvgIpc) is 2.88. The molecule has 0 spiro atoms. The lowest BCUT2D eigenvalue weighted by Crippen LogP contribution is -2.49. The van der Waals surface area contributed by atoms with Gasteiger partial charge in [-0.2, -0.15) is 26.3 Å². The number of benzene rings is 2. The molecule has 0 radical (unpaired) electrons. The van der Waals surface area contributed by atoms with Crippen LogP contribution in [0.15, 0.2) is 102 Å². The number of pyridine rings is 1. The van der Waals surface area contributed by atoms with Gasteiger partial charge in [0.05, 0.1) is 22.4 Å². The number of rotatable bonds is 7. The SMILES string of the molecule is C#C/C=C(\C=C(/C)C(Cc1ccccc1)(NC(=O)c1ccccc1C(F)(F)F)c1ccccn1)C(F)(F)F. The highest BCUT2D eigenvalue weighted by atomic mass is 19.4. The van der Waals surface area contributed by atoms with Crippen LogP contribution in [0.25, 0.3) is 0 Å². The molecule has 0 fully saturated rings. The number of terminal acetylenes is 1. The average molecular weight is 528 g/mol. The van der Waals surface area contributed by atoms with E-state index in [9.17, 15) is 31.1 Å². The fourth-order valence-corrected chi connectivity index (χ4v) is 4.00. The molecule has 0 saturated carbocycles. The summed E-state index contributed by atoms with van der Waals surface area (Å²) in [7, 11) is 0. The van der Waals surface area contributed by atoms with Gasteiger partial charge in [-0.15, -0.1) is 6.42 Å². The Bertz CT molecular complexity index is 1370. The lowest BCUT2D eigenvalue weighted by Gasteiger charge is -2.36. The van der Waals surface area contributed by atoms with Crippen molar-refractivity contribution in [1.82, 2.24) is 10.3 Å². The maximum Gasteiger partial charge on any atom is 0.417 e. The first kappa shape index (κ1) is 28.3. The van der Waals surface area contributed by atoms with E-state index in [2.05, 4.69) is 10.3 Å². The van der Waals surface area contributed by atoms with Gasteiger partial charge < -0.3 is 5.32 Å². The van der Waals surface area contributed by atoms with Crippen LogP contribution in [0.3, 0.4) is 0 Å². The number of amides is 1. The normalized spacial score (nSPS) is 14.4. The summed E-state index contributed by atoms with van der Waals surface area (Å²) in [6.07, 6.45) is -1.99. The summed E-state index contributed by atoms with van der Waals surface area (Å²) >= 11 is 0. The minimum atomic E-state index is -4.84. The van der Waals surface area contributed by atoms with E-state index >= 15 is 0 Å². The van der Waals surface area contributed by atoms with Crippen molar-refractivity contribution in [2.45, 2.75) is 31.2 Å². The van der Waals surface area contributed by atoms with E-state index in [1.807, 2.05) is 5.92 Å². The molecule has 1 atom stereocenters. The van der Waals surface area contributed by atoms with Crippen molar-refractivity contribution in [2.75, 3.05) is 0 Å². The Morgan fingerprint density at radius 1 is 0.947 bits per heavy atom. The molecule has 0 aliphatic heterocycles. The van der Waals surface area contributed by atoms with Gasteiger partial charge in [0.2, 0.25) is 0 Å². The highest BCUT2D eigenvalue weighted by Crippen LogP contribution is 2.37. The number of nitrogens with zero attached hydrogens (tertiary/aromatic N) is 1. The fraction of sp³-hybridized carbons (Fsp3) is 0.172. The van der Waals surface area contributed by atoms with Crippen LogP contribution in [0.4, 0.5) is 26.3 Å². The van der Waals surface area contributed by atoms with Crippen LogP contribution in [-0.4, -0.2) is 17.1 Å². The van der Waals surface area contributed by atoms with Gasteiger partial charge in [-0.25, -0.2) is 0 Å². The summed E-state index contributed by atoms with van der Waals surface area (Å²) in [6.45, 7) is 1.34. The van der Waals surface area contributed by atoms with Crippen molar-refractivity contribution in [2.24, 2.45) is 0 Å². The minimum absolute atomic E-state index is 0.0447. The molecule has 0 saturated heterocycles. The van der Waals surface area contributed by atoms with E-state index in [0.29, 0.717) is 11.6 Å². The minimum Gasteiger partial charge on any atom is -0.337 e. The van der Waals surface area contributed by atoms with Crippen LogP contribution in [0.2, 0.25) is 0 Å². The molecule has 3 rings (SSSR count). The van der Waals surface area contributed by atoms with Gasteiger partial charge in [0.1, 0.15) is 5.54 Å². The van der Waals surface area contributed by atoms with Crippen molar-refractivity contribution in [3.05, 3.63) is 125 Å². The molecule has 38 heavy (non-hydrogen) atoms. The van der Waals surface area contributed by atoms with E-state index in [4.69, 9.17) is 6.42 Å². The molecule has 9 heteroatoms.